The van der Waals surface area contributed by atoms with Gasteiger partial charge in [-0.1, -0.05) is 0 Å². The molecule has 0 bridgehead atoms. The molecule has 27 heavy (non-hydrogen) atoms. The molecule has 0 aromatic heterocycles. The van der Waals surface area contributed by atoms with Gasteiger partial charge in [0.05, 0.1) is 7.11 Å². The lowest BCUT2D eigenvalue weighted by molar-refractivity contribution is -0.117. The van der Waals surface area contributed by atoms with Gasteiger partial charge in [0.25, 0.3) is 5.91 Å². The molecule has 0 unspecified atom stereocenters. The minimum Gasteiger partial charge on any atom is -0.502 e. The zero-order valence-electron chi connectivity index (χ0n) is 14.8. The van der Waals surface area contributed by atoms with E-state index >= 15 is 0 Å². The van der Waals surface area contributed by atoms with Gasteiger partial charge in [0.15, 0.2) is 17.3 Å². The van der Waals surface area contributed by atoms with Crippen molar-refractivity contribution in [2.75, 3.05) is 23.9 Å². The largest absolute Gasteiger partial charge is 0.502 e. The smallest absolute Gasteiger partial charge is 0.255 e. The van der Waals surface area contributed by atoms with Crippen molar-refractivity contribution in [2.45, 2.75) is 19.3 Å². The van der Waals surface area contributed by atoms with E-state index in [2.05, 4.69) is 5.32 Å². The van der Waals surface area contributed by atoms with Crippen LogP contribution in [0.5, 0.6) is 11.5 Å². The third kappa shape index (κ3) is 3.20. The predicted molar refractivity (Wildman–Crippen MR) is 97.6 cm³/mol. The highest BCUT2D eigenvalue weighted by molar-refractivity contribution is 6.05. The summed E-state index contributed by atoms with van der Waals surface area (Å²) in [6.45, 7) is 0.754. The van der Waals surface area contributed by atoms with Crippen LogP contribution in [0.25, 0.3) is 0 Å². The van der Waals surface area contributed by atoms with Gasteiger partial charge >= 0.3 is 0 Å². The molecule has 1 heterocycles. The molecule has 7 heteroatoms. The van der Waals surface area contributed by atoms with Crippen LogP contribution in [-0.4, -0.2) is 30.6 Å². The Labute approximate surface area is 155 Å². The minimum atomic E-state index is -0.934. The van der Waals surface area contributed by atoms with E-state index in [1.807, 2.05) is 0 Å². The van der Waals surface area contributed by atoms with E-state index in [-0.39, 0.29) is 22.6 Å². The molecule has 1 spiro atoms. The lowest BCUT2D eigenvalue weighted by Crippen LogP contribution is -2.24. The van der Waals surface area contributed by atoms with Gasteiger partial charge in [-0.15, -0.1) is 0 Å². The van der Waals surface area contributed by atoms with Crippen molar-refractivity contribution in [2.24, 2.45) is 5.41 Å². The van der Waals surface area contributed by atoms with Crippen molar-refractivity contribution < 1.29 is 23.8 Å². The Bertz CT molecular complexity index is 922. The first-order valence-corrected chi connectivity index (χ1v) is 8.69. The molecule has 2 amide bonds. The molecule has 1 saturated heterocycles. The number of hydrogen-bond acceptors (Lipinski definition) is 4. The molecule has 1 aliphatic heterocycles. The van der Waals surface area contributed by atoms with Crippen LogP contribution in [0.15, 0.2) is 36.4 Å². The van der Waals surface area contributed by atoms with Crippen molar-refractivity contribution in [1.29, 1.82) is 0 Å². The van der Waals surface area contributed by atoms with Gasteiger partial charge in [0, 0.05) is 29.9 Å². The average Bonchev–Trinajstić information content (AvgIpc) is 3.32. The van der Waals surface area contributed by atoms with Gasteiger partial charge in [0.1, 0.15) is 0 Å². The standard InChI is InChI=1S/C20H19FN2O4/c1-27-16-9-12(8-15(21)18(16)25)19(26)22-13-2-4-14(5-3-13)23-11-20(6-7-20)10-17(23)24/h2-5,8-9,25H,6-7,10-11H2,1H3,(H,22,26). The topological polar surface area (TPSA) is 78.9 Å². The number of hydrogen-bond donors (Lipinski definition) is 2. The molecule has 2 aliphatic rings. The van der Waals surface area contributed by atoms with E-state index < -0.39 is 17.5 Å². The number of halogens is 1. The summed E-state index contributed by atoms with van der Waals surface area (Å²) in [6, 6.07) is 9.18. The molecular formula is C20H19FN2O4. The van der Waals surface area contributed by atoms with Gasteiger partial charge < -0.3 is 20.1 Å². The molecule has 2 fully saturated rings. The van der Waals surface area contributed by atoms with Crippen LogP contribution in [0.3, 0.4) is 0 Å². The Hall–Kier alpha value is -3.09. The molecule has 4 rings (SSSR count). The highest BCUT2D eigenvalue weighted by atomic mass is 19.1. The first kappa shape index (κ1) is 17.3. The second kappa shape index (κ2) is 6.26. The maximum atomic E-state index is 13.7. The number of ether oxygens (including phenoxy) is 1. The van der Waals surface area contributed by atoms with Crippen molar-refractivity contribution in [1.82, 2.24) is 0 Å². The van der Waals surface area contributed by atoms with E-state index in [1.165, 1.54) is 13.2 Å². The summed E-state index contributed by atoms with van der Waals surface area (Å²) in [7, 11) is 1.28. The van der Waals surface area contributed by atoms with Crippen LogP contribution in [0.2, 0.25) is 0 Å². The zero-order valence-corrected chi connectivity index (χ0v) is 14.8. The molecular weight excluding hydrogens is 351 g/mol. The number of rotatable bonds is 4. The number of phenols is 1. The third-order valence-electron chi connectivity index (χ3n) is 5.23. The Morgan fingerprint density at radius 1 is 1.26 bits per heavy atom. The Balaban J connectivity index is 1.48. The molecule has 6 nitrogen and oxygen atoms in total. The second-order valence-corrected chi connectivity index (χ2v) is 7.17. The van der Waals surface area contributed by atoms with Gasteiger partial charge in [-0.3, -0.25) is 9.59 Å². The highest BCUT2D eigenvalue weighted by Crippen LogP contribution is 2.53. The lowest BCUT2D eigenvalue weighted by Gasteiger charge is -2.17. The molecule has 1 saturated carbocycles. The fourth-order valence-electron chi connectivity index (χ4n) is 3.43. The van der Waals surface area contributed by atoms with E-state index in [1.54, 1.807) is 29.2 Å². The number of phenolic OH excluding ortho intramolecular Hbond substituents is 1. The predicted octanol–water partition coefficient (Wildman–Crippen LogP) is 3.31. The van der Waals surface area contributed by atoms with Crippen molar-refractivity contribution in [3.05, 3.63) is 47.8 Å². The first-order valence-electron chi connectivity index (χ1n) is 8.69. The summed E-state index contributed by atoms with van der Waals surface area (Å²) in [5.74, 6) is -2.08. The summed E-state index contributed by atoms with van der Waals surface area (Å²) in [4.78, 5) is 26.3. The molecule has 0 atom stereocenters. The number of amides is 2. The van der Waals surface area contributed by atoms with E-state index in [0.29, 0.717) is 12.1 Å². The van der Waals surface area contributed by atoms with Gasteiger partial charge in [0.2, 0.25) is 5.91 Å². The molecule has 2 aromatic carbocycles. The number of aromatic hydroxyl groups is 1. The Morgan fingerprint density at radius 2 is 1.96 bits per heavy atom. The Morgan fingerprint density at radius 3 is 2.56 bits per heavy atom. The molecule has 2 N–H and O–H groups in total. The number of carbonyl (C=O) groups is 2. The number of methoxy groups -OCH3 is 1. The van der Waals surface area contributed by atoms with E-state index in [9.17, 15) is 19.1 Å². The van der Waals surface area contributed by atoms with E-state index in [4.69, 9.17) is 4.74 Å². The zero-order chi connectivity index (χ0) is 19.2. The van der Waals surface area contributed by atoms with Gasteiger partial charge in [-0.2, -0.15) is 0 Å². The monoisotopic (exact) mass is 370 g/mol. The summed E-state index contributed by atoms with van der Waals surface area (Å²) >= 11 is 0. The number of nitrogens with zero attached hydrogens (tertiary/aromatic N) is 1. The minimum absolute atomic E-state index is 0.0247. The maximum Gasteiger partial charge on any atom is 0.255 e. The number of benzene rings is 2. The summed E-state index contributed by atoms with van der Waals surface area (Å²) in [5, 5.41) is 12.2. The lowest BCUT2D eigenvalue weighted by atomic mass is 10.1. The second-order valence-electron chi connectivity index (χ2n) is 7.17. The van der Waals surface area contributed by atoms with Crippen LogP contribution in [0.4, 0.5) is 15.8 Å². The van der Waals surface area contributed by atoms with Crippen LogP contribution in [-0.2, 0) is 4.79 Å². The Kier molecular flexibility index (Phi) is 4.02. The summed E-state index contributed by atoms with van der Waals surface area (Å²) in [5.41, 5.74) is 1.53. The van der Waals surface area contributed by atoms with Crippen molar-refractivity contribution in [3.63, 3.8) is 0 Å². The fraction of sp³-hybridized carbons (Fsp3) is 0.300. The molecule has 140 valence electrons. The van der Waals surface area contributed by atoms with Gasteiger partial charge in [-0.05, 0) is 54.7 Å². The molecule has 0 radical (unpaired) electrons. The first-order chi connectivity index (χ1) is 12.9. The van der Waals surface area contributed by atoms with Crippen LogP contribution >= 0.6 is 0 Å². The van der Waals surface area contributed by atoms with Crippen molar-refractivity contribution in [3.8, 4) is 11.5 Å². The van der Waals surface area contributed by atoms with E-state index in [0.717, 1.165) is 31.1 Å². The van der Waals surface area contributed by atoms with Crippen LogP contribution in [0.1, 0.15) is 29.6 Å². The van der Waals surface area contributed by atoms with Gasteiger partial charge in [-0.25, -0.2) is 4.39 Å². The summed E-state index contributed by atoms with van der Waals surface area (Å²) < 4.78 is 18.6. The summed E-state index contributed by atoms with van der Waals surface area (Å²) in [6.07, 6.45) is 2.83. The normalized spacial score (nSPS) is 17.3. The fourth-order valence-corrected chi connectivity index (χ4v) is 3.43. The number of anilines is 2. The highest BCUT2D eigenvalue weighted by Gasteiger charge is 2.51. The van der Waals surface area contributed by atoms with Crippen molar-refractivity contribution >= 4 is 23.2 Å². The molecule has 2 aromatic rings. The maximum absolute atomic E-state index is 13.7. The SMILES string of the molecule is COc1cc(C(=O)Nc2ccc(N3CC4(CC4)CC3=O)cc2)cc(F)c1O. The molecule has 1 aliphatic carbocycles. The quantitative estimate of drug-likeness (QED) is 0.866. The average molecular weight is 370 g/mol. The number of carbonyl (C=O) groups excluding carboxylic acids is 2. The third-order valence-corrected chi connectivity index (χ3v) is 5.23. The van der Waals surface area contributed by atoms with Crippen LogP contribution in [0, 0.1) is 11.2 Å². The number of nitrogens with one attached hydrogen (secondary N) is 1. The van der Waals surface area contributed by atoms with Crippen LogP contribution < -0.4 is 15.0 Å².